The van der Waals surface area contributed by atoms with Crippen molar-refractivity contribution in [3.8, 4) is 5.75 Å². The van der Waals surface area contributed by atoms with Crippen LogP contribution in [0, 0.1) is 0 Å². The number of aryl methyl sites for hydroxylation is 1. The number of nitrogens with one attached hydrogen (secondary N) is 1. The summed E-state index contributed by atoms with van der Waals surface area (Å²) >= 11 is 7.22. The minimum Gasteiger partial charge on any atom is -0.497 e. The smallest absolute Gasteiger partial charge is 0.341 e. The second kappa shape index (κ2) is 10.6. The van der Waals surface area contributed by atoms with Crippen molar-refractivity contribution in [1.82, 2.24) is 9.21 Å². The molecular formula is C23H29N3O5S3. The van der Waals surface area contributed by atoms with Gasteiger partial charge in [-0.2, -0.15) is 4.31 Å². The molecule has 1 N–H and O–H groups in total. The molecule has 0 radical (unpaired) electrons. The van der Waals surface area contributed by atoms with Gasteiger partial charge in [0.2, 0.25) is 10.0 Å². The van der Waals surface area contributed by atoms with Gasteiger partial charge in [0, 0.05) is 31.1 Å². The SMILES string of the molecule is COC(=O)c1c(NC(=S)N2CCN(S(=O)(=O)c3ccc(OC)cc3)CC2)sc2c1CCCCC2. The second-order valence-corrected chi connectivity index (χ2v) is 11.7. The number of thiophene rings is 1. The summed E-state index contributed by atoms with van der Waals surface area (Å²) in [5.74, 6) is 0.262. The van der Waals surface area contributed by atoms with E-state index < -0.39 is 10.0 Å². The molecule has 0 saturated carbocycles. The van der Waals surface area contributed by atoms with E-state index in [9.17, 15) is 13.2 Å². The van der Waals surface area contributed by atoms with Crippen LogP contribution in [0.5, 0.6) is 5.75 Å². The largest absolute Gasteiger partial charge is 0.497 e. The lowest BCUT2D eigenvalue weighted by molar-refractivity contribution is 0.0601. The summed E-state index contributed by atoms with van der Waals surface area (Å²) < 4.78 is 37.7. The maximum Gasteiger partial charge on any atom is 0.341 e. The molecule has 2 aliphatic rings. The first-order valence-electron chi connectivity index (χ1n) is 11.3. The van der Waals surface area contributed by atoms with E-state index in [4.69, 9.17) is 21.7 Å². The van der Waals surface area contributed by atoms with Crippen molar-refractivity contribution >= 4 is 49.7 Å². The fourth-order valence-electron chi connectivity index (χ4n) is 4.35. The number of fused-ring (bicyclic) bond motifs is 1. The monoisotopic (exact) mass is 523 g/mol. The minimum absolute atomic E-state index is 0.241. The lowest BCUT2D eigenvalue weighted by atomic mass is 10.1. The zero-order chi connectivity index (χ0) is 24.3. The number of ether oxygens (including phenoxy) is 2. The number of benzene rings is 1. The van der Waals surface area contributed by atoms with E-state index in [2.05, 4.69) is 5.32 Å². The molecule has 0 bridgehead atoms. The van der Waals surface area contributed by atoms with Gasteiger partial charge in [0.25, 0.3) is 0 Å². The maximum absolute atomic E-state index is 13.0. The van der Waals surface area contributed by atoms with Crippen molar-refractivity contribution in [3.63, 3.8) is 0 Å². The van der Waals surface area contributed by atoms with E-state index in [1.165, 1.54) is 16.3 Å². The number of anilines is 1. The first kappa shape index (κ1) is 24.9. The Balaban J connectivity index is 1.43. The Kier molecular flexibility index (Phi) is 7.76. The number of carbonyl (C=O) groups is 1. The van der Waals surface area contributed by atoms with Gasteiger partial charge in [-0.1, -0.05) is 6.42 Å². The van der Waals surface area contributed by atoms with Crippen LogP contribution in [0.15, 0.2) is 29.2 Å². The van der Waals surface area contributed by atoms with E-state index in [1.807, 2.05) is 4.90 Å². The fourth-order valence-corrected chi connectivity index (χ4v) is 7.40. The summed E-state index contributed by atoms with van der Waals surface area (Å²) in [7, 11) is -0.655. The Morgan fingerprint density at radius 1 is 1.03 bits per heavy atom. The van der Waals surface area contributed by atoms with Gasteiger partial charge in [-0.25, -0.2) is 13.2 Å². The molecule has 2 aromatic rings. The van der Waals surface area contributed by atoms with E-state index in [-0.39, 0.29) is 10.9 Å². The Labute approximate surface area is 209 Å². The predicted octanol–water partition coefficient (Wildman–Crippen LogP) is 3.52. The van der Waals surface area contributed by atoms with Crippen LogP contribution in [-0.2, 0) is 27.6 Å². The molecule has 1 aliphatic heterocycles. The molecule has 0 atom stereocenters. The van der Waals surface area contributed by atoms with E-state index in [1.54, 1.807) is 42.7 Å². The lowest BCUT2D eigenvalue weighted by Gasteiger charge is -2.35. The van der Waals surface area contributed by atoms with Crippen molar-refractivity contribution in [2.75, 3.05) is 45.7 Å². The van der Waals surface area contributed by atoms with Gasteiger partial charge in [-0.05, 0) is 67.7 Å². The summed E-state index contributed by atoms with van der Waals surface area (Å²) in [5, 5.41) is 4.47. The molecule has 1 aromatic carbocycles. The Bertz CT molecular complexity index is 1150. The van der Waals surface area contributed by atoms with Gasteiger partial charge < -0.3 is 19.7 Å². The number of sulfonamides is 1. The molecule has 0 unspecified atom stereocenters. The highest BCUT2D eigenvalue weighted by Crippen LogP contribution is 2.38. The number of piperazine rings is 1. The fraction of sp³-hybridized carbons (Fsp3) is 0.478. The number of carbonyl (C=O) groups excluding carboxylic acids is 1. The van der Waals surface area contributed by atoms with Gasteiger partial charge in [-0.15, -0.1) is 11.3 Å². The summed E-state index contributed by atoms with van der Waals surface area (Å²) in [6, 6.07) is 6.40. The molecule has 4 rings (SSSR count). The summed E-state index contributed by atoms with van der Waals surface area (Å²) in [4.78, 5) is 16.0. The minimum atomic E-state index is -3.59. The average Bonchev–Trinajstić information content (AvgIpc) is 3.03. The summed E-state index contributed by atoms with van der Waals surface area (Å²) in [5.41, 5.74) is 1.67. The molecule has 0 spiro atoms. The molecule has 11 heteroatoms. The summed E-state index contributed by atoms with van der Waals surface area (Å²) in [6.07, 6.45) is 5.16. The number of methoxy groups -OCH3 is 2. The van der Waals surface area contributed by atoms with E-state index in [0.717, 1.165) is 42.7 Å². The van der Waals surface area contributed by atoms with Crippen LogP contribution in [0.3, 0.4) is 0 Å². The average molecular weight is 524 g/mol. The first-order chi connectivity index (χ1) is 16.3. The van der Waals surface area contributed by atoms with E-state index >= 15 is 0 Å². The number of nitrogens with zero attached hydrogens (tertiary/aromatic N) is 2. The van der Waals surface area contributed by atoms with Gasteiger partial charge in [0.1, 0.15) is 10.8 Å². The van der Waals surface area contributed by atoms with Crippen LogP contribution in [-0.4, -0.2) is 69.1 Å². The standard InChI is InChI=1S/C23H29N3O5S3/c1-30-16-8-10-17(11-9-16)34(28,29)26-14-12-25(13-15-26)23(32)24-21-20(22(27)31-2)18-6-4-3-5-7-19(18)33-21/h8-11H,3-7,12-15H2,1-2H3,(H,24,32). The Morgan fingerprint density at radius 3 is 2.35 bits per heavy atom. The number of thiocarbonyl (C=S) groups is 1. The highest BCUT2D eigenvalue weighted by Gasteiger charge is 2.31. The molecule has 8 nitrogen and oxygen atoms in total. The quantitative estimate of drug-likeness (QED) is 0.362. The topological polar surface area (TPSA) is 88.2 Å². The van der Waals surface area contributed by atoms with Gasteiger partial charge in [-0.3, -0.25) is 0 Å². The van der Waals surface area contributed by atoms with Crippen molar-refractivity contribution in [1.29, 1.82) is 0 Å². The molecule has 34 heavy (non-hydrogen) atoms. The van der Waals surface area contributed by atoms with Crippen molar-refractivity contribution < 1.29 is 22.7 Å². The zero-order valence-corrected chi connectivity index (χ0v) is 21.8. The molecule has 1 saturated heterocycles. The maximum atomic E-state index is 13.0. The van der Waals surface area contributed by atoms with Crippen LogP contribution in [0.4, 0.5) is 5.00 Å². The normalized spacial score (nSPS) is 16.9. The van der Waals surface area contributed by atoms with Gasteiger partial charge in [0.15, 0.2) is 5.11 Å². The van der Waals surface area contributed by atoms with Gasteiger partial charge in [0.05, 0.1) is 24.7 Å². The molecular weight excluding hydrogens is 494 g/mol. The number of hydrogen-bond donors (Lipinski definition) is 1. The third kappa shape index (κ3) is 5.07. The van der Waals surface area contributed by atoms with Crippen LogP contribution in [0.2, 0.25) is 0 Å². The number of hydrogen-bond acceptors (Lipinski definition) is 7. The molecule has 0 amide bonds. The zero-order valence-electron chi connectivity index (χ0n) is 19.3. The Hall–Kier alpha value is -2.21. The third-order valence-corrected chi connectivity index (χ3v) is 9.73. The van der Waals surface area contributed by atoms with Crippen LogP contribution in [0.25, 0.3) is 0 Å². The molecule has 1 aromatic heterocycles. The molecule has 1 fully saturated rings. The first-order valence-corrected chi connectivity index (χ1v) is 13.9. The van der Waals surface area contributed by atoms with Crippen molar-refractivity contribution in [2.24, 2.45) is 0 Å². The van der Waals surface area contributed by atoms with Crippen molar-refractivity contribution in [2.45, 2.75) is 37.0 Å². The summed E-state index contributed by atoms with van der Waals surface area (Å²) in [6.45, 7) is 1.56. The number of esters is 1. The number of rotatable bonds is 5. The second-order valence-electron chi connectivity index (χ2n) is 8.26. The van der Waals surface area contributed by atoms with Crippen molar-refractivity contribution in [3.05, 3.63) is 40.3 Å². The predicted molar refractivity (Wildman–Crippen MR) is 136 cm³/mol. The highest BCUT2D eigenvalue weighted by molar-refractivity contribution is 7.89. The third-order valence-electron chi connectivity index (χ3n) is 6.25. The van der Waals surface area contributed by atoms with Crippen LogP contribution >= 0.6 is 23.6 Å². The van der Waals surface area contributed by atoms with Crippen LogP contribution in [0.1, 0.15) is 40.1 Å². The Morgan fingerprint density at radius 2 is 1.71 bits per heavy atom. The van der Waals surface area contributed by atoms with E-state index in [0.29, 0.717) is 42.6 Å². The molecule has 184 valence electrons. The molecule has 1 aliphatic carbocycles. The lowest BCUT2D eigenvalue weighted by Crippen LogP contribution is -2.51. The van der Waals surface area contributed by atoms with Crippen LogP contribution < -0.4 is 10.1 Å². The van der Waals surface area contributed by atoms with Gasteiger partial charge >= 0.3 is 5.97 Å². The molecule has 2 heterocycles. The highest BCUT2D eigenvalue weighted by atomic mass is 32.2.